The molecule has 2 amide bonds. The molecule has 0 spiro atoms. The molecule has 0 bridgehead atoms. The highest BCUT2D eigenvalue weighted by molar-refractivity contribution is 5.91. The van der Waals surface area contributed by atoms with Crippen LogP contribution in [0.4, 0.5) is 10.5 Å². The van der Waals surface area contributed by atoms with Crippen LogP contribution in [0, 0.1) is 6.92 Å². The molecular formula is C19H21N5O2. The number of nitrogens with zero attached hydrogens (tertiary/aromatic N) is 2. The van der Waals surface area contributed by atoms with Crippen LogP contribution >= 0.6 is 0 Å². The van der Waals surface area contributed by atoms with Crippen molar-refractivity contribution in [2.75, 3.05) is 12.4 Å². The second-order valence-electron chi connectivity index (χ2n) is 6.64. The van der Waals surface area contributed by atoms with E-state index < -0.39 is 0 Å². The highest BCUT2D eigenvalue weighted by Gasteiger charge is 2.23. The maximum atomic E-state index is 12.4. The number of methoxy groups -OCH3 is 1. The van der Waals surface area contributed by atoms with E-state index in [2.05, 4.69) is 25.8 Å². The molecule has 4 rings (SSSR count). The van der Waals surface area contributed by atoms with Crippen LogP contribution in [0.15, 0.2) is 30.6 Å². The van der Waals surface area contributed by atoms with Crippen molar-refractivity contribution < 1.29 is 9.53 Å². The predicted octanol–water partition coefficient (Wildman–Crippen LogP) is 2.95. The molecule has 0 saturated heterocycles. The Bertz CT molecular complexity index is 966. The van der Waals surface area contributed by atoms with Crippen LogP contribution in [0.1, 0.15) is 23.1 Å². The smallest absolute Gasteiger partial charge is 0.319 e. The van der Waals surface area contributed by atoms with E-state index >= 15 is 0 Å². The summed E-state index contributed by atoms with van der Waals surface area (Å²) >= 11 is 0. The molecule has 0 radical (unpaired) electrons. The first kappa shape index (κ1) is 16.4. The summed E-state index contributed by atoms with van der Waals surface area (Å²) in [5.41, 5.74) is 5.00. The average Bonchev–Trinajstić information content (AvgIpc) is 3.10. The van der Waals surface area contributed by atoms with Gasteiger partial charge in [0.25, 0.3) is 0 Å². The Labute approximate surface area is 151 Å². The predicted molar refractivity (Wildman–Crippen MR) is 99.6 cm³/mol. The van der Waals surface area contributed by atoms with Gasteiger partial charge in [-0.15, -0.1) is 0 Å². The lowest BCUT2D eigenvalue weighted by molar-refractivity contribution is 0.247. The number of nitrogens with one attached hydrogen (secondary N) is 3. The van der Waals surface area contributed by atoms with Crippen molar-refractivity contribution in [3.8, 4) is 5.75 Å². The highest BCUT2D eigenvalue weighted by atomic mass is 16.5. The van der Waals surface area contributed by atoms with Crippen molar-refractivity contribution in [3.05, 3.63) is 47.3 Å². The first-order valence-electron chi connectivity index (χ1n) is 8.66. The van der Waals surface area contributed by atoms with Crippen molar-refractivity contribution in [2.24, 2.45) is 0 Å². The Morgan fingerprint density at radius 1 is 1.35 bits per heavy atom. The van der Waals surface area contributed by atoms with Crippen LogP contribution in [0.2, 0.25) is 0 Å². The topological polar surface area (TPSA) is 91.9 Å². The molecule has 3 aromatic rings. The molecule has 0 fully saturated rings. The first-order chi connectivity index (χ1) is 12.6. The number of aromatic amines is 1. The molecule has 1 aliphatic carbocycles. The van der Waals surface area contributed by atoms with Gasteiger partial charge in [-0.3, -0.25) is 5.10 Å². The SMILES string of the molecule is COc1ccc(C)cc1NC(=O)NC1CCc2c(cnc3[nH]ncc23)C1. The zero-order valence-corrected chi connectivity index (χ0v) is 14.8. The maximum Gasteiger partial charge on any atom is 0.319 e. The van der Waals surface area contributed by atoms with Gasteiger partial charge in [-0.2, -0.15) is 5.10 Å². The number of carbonyl (C=O) groups excluding carboxylic acids is 1. The van der Waals surface area contributed by atoms with E-state index in [9.17, 15) is 4.79 Å². The number of aryl methyl sites for hydroxylation is 2. The van der Waals surface area contributed by atoms with Crippen molar-refractivity contribution in [1.82, 2.24) is 20.5 Å². The van der Waals surface area contributed by atoms with Gasteiger partial charge >= 0.3 is 6.03 Å². The molecule has 26 heavy (non-hydrogen) atoms. The standard InChI is InChI=1S/C19H21N5O2/c1-11-3-6-17(26-2)16(7-11)23-19(25)22-13-4-5-14-12(8-13)9-20-18-15(14)10-21-24-18/h3,6-7,9-10,13H,4-5,8H2,1-2H3,(H,20,21,24)(H2,22,23,25). The van der Waals surface area contributed by atoms with Gasteiger partial charge in [-0.25, -0.2) is 9.78 Å². The third-order valence-electron chi connectivity index (χ3n) is 4.83. The summed E-state index contributed by atoms with van der Waals surface area (Å²) in [5, 5.41) is 14.0. The minimum Gasteiger partial charge on any atom is -0.495 e. The number of amides is 2. The molecule has 2 heterocycles. The van der Waals surface area contributed by atoms with Gasteiger partial charge in [0.15, 0.2) is 5.65 Å². The molecule has 1 aromatic carbocycles. The van der Waals surface area contributed by atoms with E-state index in [0.717, 1.165) is 35.9 Å². The summed E-state index contributed by atoms with van der Waals surface area (Å²) in [4.78, 5) is 16.8. The van der Waals surface area contributed by atoms with E-state index in [1.165, 1.54) is 11.1 Å². The van der Waals surface area contributed by atoms with E-state index in [0.29, 0.717) is 11.4 Å². The maximum absolute atomic E-state index is 12.4. The molecule has 134 valence electrons. The first-order valence-corrected chi connectivity index (χ1v) is 8.66. The van der Waals surface area contributed by atoms with Gasteiger partial charge in [0.05, 0.1) is 19.0 Å². The van der Waals surface area contributed by atoms with Gasteiger partial charge in [-0.05, 0) is 55.0 Å². The lowest BCUT2D eigenvalue weighted by Gasteiger charge is -2.25. The highest BCUT2D eigenvalue weighted by Crippen LogP contribution is 2.28. The number of carbonyl (C=O) groups is 1. The fourth-order valence-corrected chi connectivity index (χ4v) is 3.54. The Balaban J connectivity index is 1.45. The average molecular weight is 351 g/mol. The zero-order chi connectivity index (χ0) is 18.1. The van der Waals surface area contributed by atoms with Crippen molar-refractivity contribution >= 4 is 22.8 Å². The Morgan fingerprint density at radius 2 is 2.23 bits per heavy atom. The fourth-order valence-electron chi connectivity index (χ4n) is 3.54. The third-order valence-corrected chi connectivity index (χ3v) is 4.83. The molecular weight excluding hydrogens is 330 g/mol. The third kappa shape index (κ3) is 3.08. The van der Waals surface area contributed by atoms with Crippen molar-refractivity contribution in [3.63, 3.8) is 0 Å². The minimum atomic E-state index is -0.223. The molecule has 1 unspecified atom stereocenters. The molecule has 7 heteroatoms. The van der Waals surface area contributed by atoms with Crippen molar-refractivity contribution in [1.29, 1.82) is 0 Å². The molecule has 0 saturated carbocycles. The molecule has 2 aromatic heterocycles. The fraction of sp³-hybridized carbons (Fsp3) is 0.316. The van der Waals surface area contributed by atoms with Crippen LogP contribution in [0.3, 0.4) is 0 Å². The number of benzene rings is 1. The summed E-state index contributed by atoms with van der Waals surface area (Å²) in [6.45, 7) is 1.98. The second-order valence-corrected chi connectivity index (χ2v) is 6.64. The van der Waals surface area contributed by atoms with Gasteiger partial charge in [0.2, 0.25) is 0 Å². The molecule has 3 N–H and O–H groups in total. The van der Waals surface area contributed by atoms with Crippen molar-refractivity contribution in [2.45, 2.75) is 32.2 Å². The molecule has 1 atom stereocenters. The number of fused-ring (bicyclic) bond motifs is 3. The number of aromatic nitrogens is 3. The number of rotatable bonds is 3. The summed E-state index contributed by atoms with van der Waals surface area (Å²) in [6.07, 6.45) is 6.25. The minimum absolute atomic E-state index is 0.0736. The number of hydrogen-bond donors (Lipinski definition) is 3. The van der Waals surface area contributed by atoms with Gasteiger partial charge < -0.3 is 15.4 Å². The number of hydrogen-bond acceptors (Lipinski definition) is 4. The number of ether oxygens (including phenoxy) is 1. The quantitative estimate of drug-likeness (QED) is 0.676. The van der Waals surface area contributed by atoms with Crippen LogP contribution in [0.5, 0.6) is 5.75 Å². The lowest BCUT2D eigenvalue weighted by atomic mass is 9.88. The monoisotopic (exact) mass is 351 g/mol. The lowest BCUT2D eigenvalue weighted by Crippen LogP contribution is -2.41. The van der Waals surface area contributed by atoms with Crippen LogP contribution in [0.25, 0.3) is 11.0 Å². The number of pyridine rings is 1. The van der Waals surface area contributed by atoms with Crippen LogP contribution in [-0.2, 0) is 12.8 Å². The second kappa shape index (κ2) is 6.67. The van der Waals surface area contributed by atoms with E-state index in [4.69, 9.17) is 4.74 Å². The molecule has 1 aliphatic rings. The van der Waals surface area contributed by atoms with Gasteiger partial charge in [-0.1, -0.05) is 6.07 Å². The Hall–Kier alpha value is -3.09. The number of H-pyrrole nitrogens is 1. The number of urea groups is 1. The Morgan fingerprint density at radius 3 is 3.08 bits per heavy atom. The summed E-state index contributed by atoms with van der Waals surface area (Å²) in [5.74, 6) is 0.645. The molecule has 7 nitrogen and oxygen atoms in total. The zero-order valence-electron chi connectivity index (χ0n) is 14.8. The van der Waals surface area contributed by atoms with Gasteiger partial charge in [0.1, 0.15) is 5.75 Å². The molecule has 0 aliphatic heterocycles. The largest absolute Gasteiger partial charge is 0.495 e. The van der Waals surface area contributed by atoms with E-state index in [1.54, 1.807) is 7.11 Å². The van der Waals surface area contributed by atoms with Crippen LogP contribution in [-0.4, -0.2) is 34.4 Å². The Kier molecular flexibility index (Phi) is 4.20. The van der Waals surface area contributed by atoms with E-state index in [1.807, 2.05) is 37.5 Å². The summed E-state index contributed by atoms with van der Waals surface area (Å²) in [6, 6.07) is 5.55. The number of anilines is 1. The summed E-state index contributed by atoms with van der Waals surface area (Å²) < 4.78 is 5.31. The van der Waals surface area contributed by atoms with Crippen LogP contribution < -0.4 is 15.4 Å². The van der Waals surface area contributed by atoms with Gasteiger partial charge in [0, 0.05) is 17.6 Å². The normalized spacial score (nSPS) is 16.2. The summed E-state index contributed by atoms with van der Waals surface area (Å²) in [7, 11) is 1.59. The van der Waals surface area contributed by atoms with E-state index in [-0.39, 0.29) is 12.1 Å².